The minimum atomic E-state index is -0.211. The van der Waals surface area contributed by atoms with Crippen LogP contribution in [0.1, 0.15) is 5.56 Å². The molecule has 0 saturated heterocycles. The van der Waals surface area contributed by atoms with Gasteiger partial charge < -0.3 is 10.1 Å². The van der Waals surface area contributed by atoms with E-state index in [0.717, 1.165) is 33.3 Å². The van der Waals surface area contributed by atoms with E-state index in [2.05, 4.69) is 9.97 Å². The first-order valence-electron chi connectivity index (χ1n) is 7.65. The average molecular weight is 318 g/mol. The van der Waals surface area contributed by atoms with Crippen LogP contribution < -0.4 is 0 Å². The minimum Gasteiger partial charge on any atom is -0.508 e. The molecule has 2 N–H and O–H groups in total. The molecule has 0 bridgehead atoms. The molecule has 0 fully saturated rings. The second-order valence-corrected chi connectivity index (χ2v) is 5.84. The van der Waals surface area contributed by atoms with Gasteiger partial charge in [0.1, 0.15) is 17.2 Å². The van der Waals surface area contributed by atoms with Crippen LogP contribution in [0, 0.1) is 12.7 Å². The lowest BCUT2D eigenvalue weighted by molar-refractivity contribution is 0.475. The number of aromatic amines is 1. The largest absolute Gasteiger partial charge is 0.508 e. The summed E-state index contributed by atoms with van der Waals surface area (Å²) >= 11 is 0. The molecular formula is C20H15FN2O. The van der Waals surface area contributed by atoms with E-state index in [-0.39, 0.29) is 11.6 Å². The molecule has 2 heterocycles. The molecule has 0 saturated carbocycles. The van der Waals surface area contributed by atoms with E-state index in [1.807, 2.05) is 24.4 Å². The maximum Gasteiger partial charge on any atom is 0.137 e. The second-order valence-electron chi connectivity index (χ2n) is 5.84. The summed E-state index contributed by atoms with van der Waals surface area (Å²) in [6.07, 6.45) is 3.66. The Bertz CT molecular complexity index is 1050. The van der Waals surface area contributed by atoms with Crippen molar-refractivity contribution in [3.8, 4) is 28.0 Å². The second kappa shape index (κ2) is 5.49. The van der Waals surface area contributed by atoms with E-state index in [0.29, 0.717) is 5.56 Å². The molecule has 0 spiro atoms. The standard InChI is InChI=1S/C20H15FN2O/c1-12-7-14(5-6-19(12)21)18-11-23-20-17(18)9-15(10-22-20)13-3-2-4-16(24)8-13/h2-11,24H,1H3,(H,22,23). The van der Waals surface area contributed by atoms with E-state index < -0.39 is 0 Å². The van der Waals surface area contributed by atoms with Gasteiger partial charge in [-0.2, -0.15) is 0 Å². The van der Waals surface area contributed by atoms with Gasteiger partial charge in [-0.1, -0.05) is 18.2 Å². The summed E-state index contributed by atoms with van der Waals surface area (Å²) in [4.78, 5) is 7.62. The third-order valence-electron chi connectivity index (χ3n) is 4.18. The van der Waals surface area contributed by atoms with Crippen molar-refractivity contribution in [3.63, 3.8) is 0 Å². The monoisotopic (exact) mass is 318 g/mol. The van der Waals surface area contributed by atoms with Crippen LogP contribution in [0.2, 0.25) is 0 Å². The fraction of sp³-hybridized carbons (Fsp3) is 0.0500. The van der Waals surface area contributed by atoms with Crippen molar-refractivity contribution >= 4 is 11.0 Å². The van der Waals surface area contributed by atoms with Crippen LogP contribution in [0.15, 0.2) is 60.9 Å². The summed E-state index contributed by atoms with van der Waals surface area (Å²) in [5.41, 5.74) is 5.11. The van der Waals surface area contributed by atoms with Crippen LogP contribution in [0.5, 0.6) is 5.75 Å². The van der Waals surface area contributed by atoms with Crippen LogP contribution in [0.4, 0.5) is 4.39 Å². The number of benzene rings is 2. The van der Waals surface area contributed by atoms with Gasteiger partial charge in [0, 0.05) is 28.9 Å². The number of rotatable bonds is 2. The molecule has 2 aromatic heterocycles. The Hall–Kier alpha value is -3.14. The van der Waals surface area contributed by atoms with Gasteiger partial charge in [-0.05, 0) is 53.9 Å². The first-order valence-corrected chi connectivity index (χ1v) is 7.65. The fourth-order valence-corrected chi connectivity index (χ4v) is 2.90. The molecule has 0 aliphatic rings. The Labute approximate surface area is 138 Å². The molecule has 4 heteroatoms. The van der Waals surface area contributed by atoms with E-state index in [4.69, 9.17) is 0 Å². The number of phenolic OH excluding ortho intramolecular Hbond substituents is 1. The van der Waals surface area contributed by atoms with Gasteiger partial charge in [0.05, 0.1) is 0 Å². The van der Waals surface area contributed by atoms with Crippen molar-refractivity contribution in [1.29, 1.82) is 0 Å². The number of pyridine rings is 1. The van der Waals surface area contributed by atoms with Gasteiger partial charge in [-0.25, -0.2) is 9.37 Å². The lowest BCUT2D eigenvalue weighted by atomic mass is 10.0. The third-order valence-corrected chi connectivity index (χ3v) is 4.18. The van der Waals surface area contributed by atoms with Crippen LogP contribution in [0.3, 0.4) is 0 Å². The summed E-state index contributed by atoms with van der Waals surface area (Å²) in [5, 5.41) is 10.6. The molecule has 4 aromatic rings. The van der Waals surface area contributed by atoms with E-state index in [1.54, 1.807) is 37.4 Å². The van der Waals surface area contributed by atoms with Crippen molar-refractivity contribution in [2.75, 3.05) is 0 Å². The summed E-state index contributed by atoms with van der Waals surface area (Å²) in [6.45, 7) is 1.75. The average Bonchev–Trinajstić information content (AvgIpc) is 3.00. The number of aryl methyl sites for hydroxylation is 1. The molecule has 0 aliphatic carbocycles. The van der Waals surface area contributed by atoms with E-state index in [1.165, 1.54) is 6.07 Å². The predicted molar refractivity (Wildman–Crippen MR) is 93.3 cm³/mol. The Morgan fingerprint density at radius 3 is 2.67 bits per heavy atom. The number of halogens is 1. The van der Waals surface area contributed by atoms with Crippen molar-refractivity contribution < 1.29 is 9.50 Å². The normalized spacial score (nSPS) is 11.1. The molecule has 0 amide bonds. The number of nitrogens with one attached hydrogen (secondary N) is 1. The Balaban J connectivity index is 1.88. The van der Waals surface area contributed by atoms with Crippen molar-refractivity contribution in [3.05, 3.63) is 72.3 Å². The maximum atomic E-state index is 13.5. The smallest absolute Gasteiger partial charge is 0.137 e. The lowest BCUT2D eigenvalue weighted by Crippen LogP contribution is -1.85. The number of hydrogen-bond donors (Lipinski definition) is 2. The zero-order valence-corrected chi connectivity index (χ0v) is 13.0. The highest BCUT2D eigenvalue weighted by atomic mass is 19.1. The van der Waals surface area contributed by atoms with E-state index >= 15 is 0 Å². The zero-order chi connectivity index (χ0) is 16.7. The summed E-state index contributed by atoms with van der Waals surface area (Å²) in [5.74, 6) is 0.00761. The first-order chi connectivity index (χ1) is 11.6. The van der Waals surface area contributed by atoms with Crippen molar-refractivity contribution in [2.45, 2.75) is 6.92 Å². The highest BCUT2D eigenvalue weighted by molar-refractivity contribution is 5.95. The topological polar surface area (TPSA) is 48.9 Å². The number of fused-ring (bicyclic) bond motifs is 1. The van der Waals surface area contributed by atoms with Gasteiger partial charge in [0.25, 0.3) is 0 Å². The zero-order valence-electron chi connectivity index (χ0n) is 13.0. The maximum absolute atomic E-state index is 13.5. The molecule has 2 aromatic carbocycles. The Morgan fingerprint density at radius 1 is 1.00 bits per heavy atom. The molecule has 118 valence electrons. The molecular weight excluding hydrogens is 303 g/mol. The van der Waals surface area contributed by atoms with Gasteiger partial charge in [-0.3, -0.25) is 0 Å². The molecule has 0 unspecified atom stereocenters. The van der Waals surface area contributed by atoms with Crippen LogP contribution in [0.25, 0.3) is 33.3 Å². The number of nitrogens with zero attached hydrogens (tertiary/aromatic N) is 1. The lowest BCUT2D eigenvalue weighted by Gasteiger charge is -2.05. The van der Waals surface area contributed by atoms with Gasteiger partial charge >= 0.3 is 0 Å². The molecule has 24 heavy (non-hydrogen) atoms. The van der Waals surface area contributed by atoms with Gasteiger partial charge in [-0.15, -0.1) is 0 Å². The number of hydrogen-bond acceptors (Lipinski definition) is 2. The molecule has 4 rings (SSSR count). The van der Waals surface area contributed by atoms with Crippen molar-refractivity contribution in [1.82, 2.24) is 9.97 Å². The van der Waals surface area contributed by atoms with Crippen LogP contribution in [-0.4, -0.2) is 15.1 Å². The SMILES string of the molecule is Cc1cc(-c2c[nH]c3ncc(-c4cccc(O)c4)cc23)ccc1F. The number of aromatic nitrogens is 2. The Morgan fingerprint density at radius 2 is 1.88 bits per heavy atom. The van der Waals surface area contributed by atoms with Gasteiger partial charge in [0.15, 0.2) is 0 Å². The number of H-pyrrole nitrogens is 1. The summed E-state index contributed by atoms with van der Waals surface area (Å²) in [6, 6.07) is 14.2. The van der Waals surface area contributed by atoms with Gasteiger partial charge in [0.2, 0.25) is 0 Å². The summed E-state index contributed by atoms with van der Waals surface area (Å²) in [7, 11) is 0. The van der Waals surface area contributed by atoms with Crippen LogP contribution >= 0.6 is 0 Å². The highest BCUT2D eigenvalue weighted by Crippen LogP contribution is 2.32. The van der Waals surface area contributed by atoms with Crippen LogP contribution in [-0.2, 0) is 0 Å². The number of phenols is 1. The first kappa shape index (κ1) is 14.5. The molecule has 0 atom stereocenters. The number of aromatic hydroxyl groups is 1. The highest BCUT2D eigenvalue weighted by Gasteiger charge is 2.10. The minimum absolute atomic E-state index is 0.211. The molecule has 0 aliphatic heterocycles. The molecule has 0 radical (unpaired) electrons. The fourth-order valence-electron chi connectivity index (χ4n) is 2.90. The third kappa shape index (κ3) is 2.42. The summed E-state index contributed by atoms with van der Waals surface area (Å²) < 4.78 is 13.5. The molecule has 3 nitrogen and oxygen atoms in total. The van der Waals surface area contributed by atoms with Crippen molar-refractivity contribution in [2.24, 2.45) is 0 Å². The van der Waals surface area contributed by atoms with E-state index in [9.17, 15) is 9.50 Å². The Kier molecular flexibility index (Phi) is 3.31. The quantitative estimate of drug-likeness (QED) is 0.543. The predicted octanol–water partition coefficient (Wildman–Crippen LogP) is 5.05.